The fourth-order valence-corrected chi connectivity index (χ4v) is 1.67. The Labute approximate surface area is 107 Å². The summed E-state index contributed by atoms with van der Waals surface area (Å²) in [5.41, 5.74) is 0.898. The van der Waals surface area contributed by atoms with E-state index >= 15 is 0 Å². The van der Waals surface area contributed by atoms with Crippen LogP contribution in [0, 0.1) is 5.92 Å². The fourth-order valence-electron chi connectivity index (χ4n) is 1.67. The first-order chi connectivity index (χ1) is 8.49. The van der Waals surface area contributed by atoms with E-state index < -0.39 is 12.0 Å². The number of carboxylic acids is 1. The Bertz CT molecular complexity index is 401. The molecular formula is C14H19NO3. The molecule has 0 aromatic heterocycles. The van der Waals surface area contributed by atoms with Crippen LogP contribution in [0.3, 0.4) is 0 Å². The molecule has 0 radical (unpaired) electrons. The fraction of sp³-hybridized carbons (Fsp3) is 0.429. The molecule has 0 aliphatic rings. The Morgan fingerprint density at radius 2 is 1.83 bits per heavy atom. The van der Waals surface area contributed by atoms with Crippen molar-refractivity contribution in [1.82, 2.24) is 5.32 Å². The van der Waals surface area contributed by atoms with Gasteiger partial charge in [-0.25, -0.2) is 4.79 Å². The number of hydrogen-bond acceptors (Lipinski definition) is 2. The van der Waals surface area contributed by atoms with Crippen LogP contribution in [0.2, 0.25) is 0 Å². The van der Waals surface area contributed by atoms with Crippen molar-refractivity contribution in [2.24, 2.45) is 5.92 Å². The molecule has 0 spiro atoms. The first-order valence-corrected chi connectivity index (χ1v) is 6.05. The van der Waals surface area contributed by atoms with E-state index in [1.807, 2.05) is 44.2 Å². The van der Waals surface area contributed by atoms with Gasteiger partial charge in [-0.05, 0) is 11.5 Å². The molecule has 1 atom stereocenters. The van der Waals surface area contributed by atoms with E-state index in [1.54, 1.807) is 0 Å². The molecule has 1 amide bonds. The lowest BCUT2D eigenvalue weighted by Crippen LogP contribution is -2.42. The van der Waals surface area contributed by atoms with Crippen LogP contribution in [0.15, 0.2) is 30.3 Å². The zero-order valence-corrected chi connectivity index (χ0v) is 10.7. The SMILES string of the molecule is CC(C)CC(=O)N[C@@H](Cc1ccccc1)C(=O)O. The van der Waals surface area contributed by atoms with Crippen molar-refractivity contribution in [2.45, 2.75) is 32.7 Å². The van der Waals surface area contributed by atoms with Gasteiger partial charge in [-0.1, -0.05) is 44.2 Å². The van der Waals surface area contributed by atoms with Gasteiger partial charge >= 0.3 is 5.97 Å². The van der Waals surface area contributed by atoms with Gasteiger partial charge < -0.3 is 10.4 Å². The number of nitrogens with one attached hydrogen (secondary N) is 1. The second-order valence-corrected chi connectivity index (χ2v) is 4.75. The first-order valence-electron chi connectivity index (χ1n) is 6.05. The molecule has 4 nitrogen and oxygen atoms in total. The van der Waals surface area contributed by atoms with E-state index in [9.17, 15) is 9.59 Å². The summed E-state index contributed by atoms with van der Waals surface area (Å²) in [5.74, 6) is -1.000. The number of benzene rings is 1. The van der Waals surface area contributed by atoms with Crippen LogP contribution < -0.4 is 5.32 Å². The van der Waals surface area contributed by atoms with Gasteiger partial charge in [0.15, 0.2) is 0 Å². The Balaban J connectivity index is 2.61. The number of hydrogen-bond donors (Lipinski definition) is 2. The van der Waals surface area contributed by atoms with Crippen molar-refractivity contribution >= 4 is 11.9 Å². The van der Waals surface area contributed by atoms with Crippen molar-refractivity contribution in [3.8, 4) is 0 Å². The van der Waals surface area contributed by atoms with Crippen LogP contribution in [-0.4, -0.2) is 23.0 Å². The molecular weight excluding hydrogens is 230 g/mol. The molecule has 4 heteroatoms. The molecule has 18 heavy (non-hydrogen) atoms. The van der Waals surface area contributed by atoms with Gasteiger partial charge in [-0.3, -0.25) is 4.79 Å². The number of amides is 1. The number of carboxylic acid groups (broad SMARTS) is 1. The summed E-state index contributed by atoms with van der Waals surface area (Å²) < 4.78 is 0. The van der Waals surface area contributed by atoms with Crippen molar-refractivity contribution < 1.29 is 14.7 Å². The Hall–Kier alpha value is -1.84. The topological polar surface area (TPSA) is 66.4 Å². The lowest BCUT2D eigenvalue weighted by Gasteiger charge is -2.15. The van der Waals surface area contributed by atoms with Crippen molar-refractivity contribution in [3.05, 3.63) is 35.9 Å². The third-order valence-electron chi connectivity index (χ3n) is 2.51. The van der Waals surface area contributed by atoms with E-state index in [0.717, 1.165) is 5.56 Å². The minimum Gasteiger partial charge on any atom is -0.480 e. The quantitative estimate of drug-likeness (QED) is 0.808. The molecule has 1 aromatic carbocycles. The summed E-state index contributed by atoms with van der Waals surface area (Å²) in [6.45, 7) is 3.85. The standard InChI is InChI=1S/C14H19NO3/c1-10(2)8-13(16)15-12(14(17)18)9-11-6-4-3-5-7-11/h3-7,10,12H,8-9H2,1-2H3,(H,15,16)(H,17,18)/t12-/m0/s1. The van der Waals surface area contributed by atoms with Gasteiger partial charge in [-0.15, -0.1) is 0 Å². The molecule has 0 bridgehead atoms. The van der Waals surface area contributed by atoms with Gasteiger partial charge in [0.05, 0.1) is 0 Å². The summed E-state index contributed by atoms with van der Waals surface area (Å²) in [5, 5.41) is 11.7. The van der Waals surface area contributed by atoms with Crippen molar-refractivity contribution in [3.63, 3.8) is 0 Å². The minimum absolute atomic E-state index is 0.215. The molecule has 0 saturated carbocycles. The van der Waals surface area contributed by atoms with E-state index in [4.69, 9.17) is 5.11 Å². The van der Waals surface area contributed by atoms with Crippen molar-refractivity contribution in [1.29, 1.82) is 0 Å². The molecule has 0 saturated heterocycles. The van der Waals surface area contributed by atoms with Gasteiger partial charge in [0.2, 0.25) is 5.91 Å². The highest BCUT2D eigenvalue weighted by molar-refractivity contribution is 5.83. The van der Waals surface area contributed by atoms with E-state index in [-0.39, 0.29) is 11.8 Å². The maximum absolute atomic E-state index is 11.6. The largest absolute Gasteiger partial charge is 0.480 e. The van der Waals surface area contributed by atoms with Crippen LogP contribution in [-0.2, 0) is 16.0 Å². The molecule has 0 heterocycles. The molecule has 0 fully saturated rings. The highest BCUT2D eigenvalue weighted by atomic mass is 16.4. The van der Waals surface area contributed by atoms with Crippen LogP contribution in [0.5, 0.6) is 0 Å². The predicted octanol–water partition coefficient (Wildman–Crippen LogP) is 1.84. The monoisotopic (exact) mass is 249 g/mol. The average molecular weight is 249 g/mol. The Morgan fingerprint density at radius 1 is 1.22 bits per heavy atom. The number of rotatable bonds is 6. The average Bonchev–Trinajstić information content (AvgIpc) is 2.28. The molecule has 0 unspecified atom stereocenters. The summed E-state index contributed by atoms with van der Waals surface area (Å²) in [4.78, 5) is 22.7. The zero-order valence-electron chi connectivity index (χ0n) is 10.7. The third-order valence-corrected chi connectivity index (χ3v) is 2.51. The second-order valence-electron chi connectivity index (χ2n) is 4.75. The molecule has 0 aliphatic carbocycles. The van der Waals surface area contributed by atoms with Crippen molar-refractivity contribution in [2.75, 3.05) is 0 Å². The van der Waals surface area contributed by atoms with E-state index in [2.05, 4.69) is 5.32 Å². The number of carbonyl (C=O) groups excluding carboxylic acids is 1. The zero-order chi connectivity index (χ0) is 13.5. The van der Waals surface area contributed by atoms with Gasteiger partial charge in [-0.2, -0.15) is 0 Å². The minimum atomic E-state index is -1.00. The summed E-state index contributed by atoms with van der Waals surface area (Å²) in [6.07, 6.45) is 0.651. The summed E-state index contributed by atoms with van der Waals surface area (Å²) in [6, 6.07) is 8.42. The van der Waals surface area contributed by atoms with Crippen LogP contribution in [0.25, 0.3) is 0 Å². The third kappa shape index (κ3) is 4.99. The van der Waals surface area contributed by atoms with Crippen LogP contribution in [0.1, 0.15) is 25.8 Å². The van der Waals surface area contributed by atoms with Crippen LogP contribution >= 0.6 is 0 Å². The van der Waals surface area contributed by atoms with E-state index in [0.29, 0.717) is 12.8 Å². The molecule has 0 aliphatic heterocycles. The number of aliphatic carboxylic acids is 1. The predicted molar refractivity (Wildman–Crippen MR) is 69.2 cm³/mol. The molecule has 1 aromatic rings. The maximum Gasteiger partial charge on any atom is 0.326 e. The van der Waals surface area contributed by atoms with Gasteiger partial charge in [0, 0.05) is 12.8 Å². The summed E-state index contributed by atoms with van der Waals surface area (Å²) >= 11 is 0. The van der Waals surface area contributed by atoms with Crippen LogP contribution in [0.4, 0.5) is 0 Å². The Kier molecular flexibility index (Phi) is 5.36. The smallest absolute Gasteiger partial charge is 0.326 e. The maximum atomic E-state index is 11.6. The lowest BCUT2D eigenvalue weighted by atomic mass is 10.1. The Morgan fingerprint density at radius 3 is 2.33 bits per heavy atom. The number of carbonyl (C=O) groups is 2. The normalized spacial score (nSPS) is 12.2. The highest BCUT2D eigenvalue weighted by Gasteiger charge is 2.20. The summed E-state index contributed by atoms with van der Waals surface area (Å²) in [7, 11) is 0. The van der Waals surface area contributed by atoms with Gasteiger partial charge in [0.25, 0.3) is 0 Å². The highest BCUT2D eigenvalue weighted by Crippen LogP contribution is 2.05. The molecule has 2 N–H and O–H groups in total. The second kappa shape index (κ2) is 6.79. The van der Waals surface area contributed by atoms with E-state index in [1.165, 1.54) is 0 Å². The van der Waals surface area contributed by atoms with Gasteiger partial charge in [0.1, 0.15) is 6.04 Å². The first kappa shape index (κ1) is 14.2. The molecule has 1 rings (SSSR count). The molecule has 98 valence electrons. The lowest BCUT2D eigenvalue weighted by molar-refractivity contribution is -0.141.